The van der Waals surface area contributed by atoms with Gasteiger partial charge in [0.15, 0.2) is 0 Å². The van der Waals surface area contributed by atoms with Crippen molar-refractivity contribution < 1.29 is 9.53 Å². The molecular formula is C17H24N2O2S. The third kappa shape index (κ3) is 2.82. The molecule has 2 saturated heterocycles. The number of carbonyl (C=O) groups is 1. The van der Waals surface area contributed by atoms with E-state index in [4.69, 9.17) is 4.74 Å². The minimum Gasteiger partial charge on any atom is -0.377 e. The van der Waals surface area contributed by atoms with Crippen LogP contribution in [0.25, 0.3) is 0 Å². The van der Waals surface area contributed by atoms with Gasteiger partial charge in [-0.25, -0.2) is 0 Å². The number of hydrogen-bond acceptors (Lipinski definition) is 4. The SMILES string of the molecule is O=C(NCc1cccs1)[C@]12CCO[C@H]1CCN(CC1CC1)C2. The molecule has 1 saturated carbocycles. The summed E-state index contributed by atoms with van der Waals surface area (Å²) in [6.45, 7) is 4.51. The second-order valence-corrected chi connectivity index (χ2v) is 8.03. The van der Waals surface area contributed by atoms with Crippen LogP contribution < -0.4 is 5.32 Å². The molecule has 120 valence electrons. The number of carbonyl (C=O) groups excluding carboxylic acids is 1. The quantitative estimate of drug-likeness (QED) is 0.905. The van der Waals surface area contributed by atoms with Crippen LogP contribution in [0.15, 0.2) is 17.5 Å². The summed E-state index contributed by atoms with van der Waals surface area (Å²) in [6, 6.07) is 4.11. The summed E-state index contributed by atoms with van der Waals surface area (Å²) in [4.78, 5) is 16.7. The minimum absolute atomic E-state index is 0.117. The predicted molar refractivity (Wildman–Crippen MR) is 86.7 cm³/mol. The Morgan fingerprint density at radius 1 is 1.45 bits per heavy atom. The normalized spacial score (nSPS) is 31.9. The topological polar surface area (TPSA) is 41.6 Å². The van der Waals surface area contributed by atoms with Crippen molar-refractivity contribution in [2.75, 3.05) is 26.2 Å². The Labute approximate surface area is 135 Å². The molecule has 1 N–H and O–H groups in total. The van der Waals surface area contributed by atoms with E-state index in [1.165, 1.54) is 24.3 Å². The van der Waals surface area contributed by atoms with Gasteiger partial charge in [-0.05, 0) is 43.0 Å². The van der Waals surface area contributed by atoms with E-state index in [0.29, 0.717) is 6.54 Å². The lowest BCUT2D eigenvalue weighted by atomic mass is 9.75. The molecule has 3 heterocycles. The van der Waals surface area contributed by atoms with E-state index in [2.05, 4.69) is 21.7 Å². The molecule has 1 aromatic heterocycles. The van der Waals surface area contributed by atoms with Crippen molar-refractivity contribution in [3.05, 3.63) is 22.4 Å². The second kappa shape index (κ2) is 5.95. The molecule has 0 aromatic carbocycles. The van der Waals surface area contributed by atoms with Crippen LogP contribution in [0.4, 0.5) is 0 Å². The fourth-order valence-corrected chi connectivity index (χ4v) is 4.58. The van der Waals surface area contributed by atoms with Crippen molar-refractivity contribution >= 4 is 17.2 Å². The molecule has 0 unspecified atom stereocenters. The number of fused-ring (bicyclic) bond motifs is 1. The molecule has 0 bridgehead atoms. The van der Waals surface area contributed by atoms with Crippen LogP contribution in [0.5, 0.6) is 0 Å². The van der Waals surface area contributed by atoms with Gasteiger partial charge in [-0.1, -0.05) is 6.07 Å². The number of ether oxygens (including phenoxy) is 1. The van der Waals surface area contributed by atoms with Gasteiger partial charge in [-0.2, -0.15) is 0 Å². The van der Waals surface area contributed by atoms with E-state index in [-0.39, 0.29) is 17.4 Å². The number of amides is 1. The van der Waals surface area contributed by atoms with Crippen LogP contribution >= 0.6 is 11.3 Å². The minimum atomic E-state index is -0.315. The van der Waals surface area contributed by atoms with Crippen LogP contribution in [-0.2, 0) is 16.1 Å². The molecule has 0 radical (unpaired) electrons. The maximum Gasteiger partial charge on any atom is 0.230 e. The Balaban J connectivity index is 1.43. The van der Waals surface area contributed by atoms with E-state index < -0.39 is 0 Å². The maximum absolute atomic E-state index is 12.9. The molecule has 1 aliphatic carbocycles. The van der Waals surface area contributed by atoms with Crippen molar-refractivity contribution in [2.24, 2.45) is 11.3 Å². The van der Waals surface area contributed by atoms with Crippen LogP contribution in [0, 0.1) is 11.3 Å². The Bertz CT molecular complexity index is 529. The van der Waals surface area contributed by atoms with Crippen LogP contribution in [0.2, 0.25) is 0 Å². The Kier molecular flexibility index (Phi) is 3.96. The van der Waals surface area contributed by atoms with Gasteiger partial charge in [0.25, 0.3) is 0 Å². The molecule has 2 atom stereocenters. The average Bonchev–Trinajstić information content (AvgIpc) is 3.04. The van der Waals surface area contributed by atoms with Gasteiger partial charge in [0.1, 0.15) is 0 Å². The number of likely N-dealkylation sites (tertiary alicyclic amines) is 1. The van der Waals surface area contributed by atoms with Gasteiger partial charge in [0.2, 0.25) is 5.91 Å². The highest BCUT2D eigenvalue weighted by Crippen LogP contribution is 2.42. The number of piperidine rings is 1. The lowest BCUT2D eigenvalue weighted by Gasteiger charge is -2.42. The number of nitrogens with zero attached hydrogens (tertiary/aromatic N) is 1. The fraction of sp³-hybridized carbons (Fsp3) is 0.706. The lowest BCUT2D eigenvalue weighted by Crippen LogP contribution is -2.57. The zero-order valence-electron chi connectivity index (χ0n) is 12.9. The number of rotatable bonds is 5. The molecule has 0 spiro atoms. The number of hydrogen-bond donors (Lipinski definition) is 1. The van der Waals surface area contributed by atoms with Crippen LogP contribution in [0.3, 0.4) is 0 Å². The highest BCUT2D eigenvalue weighted by molar-refractivity contribution is 7.09. The van der Waals surface area contributed by atoms with E-state index >= 15 is 0 Å². The van der Waals surface area contributed by atoms with Crippen LogP contribution in [-0.4, -0.2) is 43.2 Å². The summed E-state index contributed by atoms with van der Waals surface area (Å²) < 4.78 is 5.90. The summed E-state index contributed by atoms with van der Waals surface area (Å²) in [5, 5.41) is 5.23. The summed E-state index contributed by atoms with van der Waals surface area (Å²) in [5.41, 5.74) is -0.315. The predicted octanol–water partition coefficient (Wildman–Crippen LogP) is 2.26. The molecule has 1 aromatic rings. The van der Waals surface area contributed by atoms with Gasteiger partial charge in [-0.3, -0.25) is 4.79 Å². The maximum atomic E-state index is 12.9. The zero-order chi connectivity index (χ0) is 15.0. The highest BCUT2D eigenvalue weighted by atomic mass is 32.1. The van der Waals surface area contributed by atoms with Crippen molar-refractivity contribution in [3.63, 3.8) is 0 Å². The first-order chi connectivity index (χ1) is 10.8. The molecular weight excluding hydrogens is 296 g/mol. The molecule has 5 heteroatoms. The first kappa shape index (κ1) is 14.7. The molecule has 22 heavy (non-hydrogen) atoms. The molecule has 3 aliphatic rings. The van der Waals surface area contributed by atoms with Gasteiger partial charge in [-0.15, -0.1) is 11.3 Å². The van der Waals surface area contributed by atoms with Gasteiger partial charge in [0, 0.05) is 31.1 Å². The van der Waals surface area contributed by atoms with Gasteiger partial charge >= 0.3 is 0 Å². The third-order valence-corrected chi connectivity index (χ3v) is 6.24. The standard InChI is InChI=1S/C17H24N2O2S/c20-16(18-10-14-2-1-9-22-14)17-6-8-21-15(17)5-7-19(12-17)11-13-3-4-13/h1-2,9,13,15H,3-8,10-12H2,(H,18,20)/t15-,17-/m0/s1. The first-order valence-corrected chi connectivity index (χ1v) is 9.29. The molecule has 2 aliphatic heterocycles. The largest absolute Gasteiger partial charge is 0.377 e. The van der Waals surface area contributed by atoms with E-state index in [9.17, 15) is 4.79 Å². The smallest absolute Gasteiger partial charge is 0.230 e. The Morgan fingerprint density at radius 3 is 3.14 bits per heavy atom. The number of nitrogens with one attached hydrogen (secondary N) is 1. The number of thiophene rings is 1. The molecule has 1 amide bonds. The van der Waals surface area contributed by atoms with Gasteiger partial charge in [0.05, 0.1) is 18.1 Å². The summed E-state index contributed by atoms with van der Waals surface area (Å²) in [5.74, 6) is 1.08. The van der Waals surface area contributed by atoms with E-state index in [0.717, 1.165) is 38.5 Å². The Morgan fingerprint density at radius 2 is 2.36 bits per heavy atom. The van der Waals surface area contributed by atoms with Crippen molar-refractivity contribution in [1.29, 1.82) is 0 Å². The zero-order valence-corrected chi connectivity index (χ0v) is 13.7. The van der Waals surface area contributed by atoms with Crippen LogP contribution in [0.1, 0.15) is 30.6 Å². The highest BCUT2D eigenvalue weighted by Gasteiger charge is 2.53. The molecule has 3 fully saturated rings. The monoisotopic (exact) mass is 320 g/mol. The summed E-state index contributed by atoms with van der Waals surface area (Å²) in [7, 11) is 0. The third-order valence-electron chi connectivity index (χ3n) is 5.37. The average molecular weight is 320 g/mol. The molecule has 4 rings (SSSR count). The summed E-state index contributed by atoms with van der Waals surface area (Å²) in [6.07, 6.45) is 4.72. The van der Waals surface area contributed by atoms with E-state index in [1.54, 1.807) is 11.3 Å². The lowest BCUT2D eigenvalue weighted by molar-refractivity contribution is -0.139. The van der Waals surface area contributed by atoms with Crippen molar-refractivity contribution in [3.8, 4) is 0 Å². The van der Waals surface area contributed by atoms with Crippen molar-refractivity contribution in [1.82, 2.24) is 10.2 Å². The Hall–Kier alpha value is -0.910. The second-order valence-electron chi connectivity index (χ2n) is 6.99. The van der Waals surface area contributed by atoms with E-state index in [1.807, 2.05) is 6.07 Å². The first-order valence-electron chi connectivity index (χ1n) is 8.41. The fourth-order valence-electron chi connectivity index (χ4n) is 3.93. The van der Waals surface area contributed by atoms with Crippen molar-refractivity contribution in [2.45, 2.75) is 38.3 Å². The van der Waals surface area contributed by atoms with Gasteiger partial charge < -0.3 is 15.0 Å². The summed E-state index contributed by atoms with van der Waals surface area (Å²) >= 11 is 1.70. The molecule has 4 nitrogen and oxygen atoms in total.